The monoisotopic (exact) mass is 262 g/mol. The van der Waals surface area contributed by atoms with E-state index in [1.54, 1.807) is 6.20 Å². The van der Waals surface area contributed by atoms with Gasteiger partial charge < -0.3 is 10.2 Å². The molecule has 4 nitrogen and oxygen atoms in total. The summed E-state index contributed by atoms with van der Waals surface area (Å²) < 4.78 is 0. The minimum absolute atomic E-state index is 0.653. The molecule has 106 valence electrons. The summed E-state index contributed by atoms with van der Waals surface area (Å²) in [5.41, 5.74) is 0. The van der Waals surface area contributed by atoms with E-state index < -0.39 is 0 Å². The molecule has 1 aromatic rings. The van der Waals surface area contributed by atoms with E-state index >= 15 is 0 Å². The van der Waals surface area contributed by atoms with Crippen molar-refractivity contribution in [1.29, 1.82) is 0 Å². The Kier molecular flexibility index (Phi) is 5.00. The molecule has 1 aliphatic carbocycles. The maximum Gasteiger partial charge on any atom is 0.149 e. The third kappa shape index (κ3) is 3.82. The van der Waals surface area contributed by atoms with Crippen LogP contribution in [0.3, 0.4) is 0 Å². The molecule has 1 heterocycles. The van der Waals surface area contributed by atoms with Gasteiger partial charge in [-0.2, -0.15) is 0 Å². The van der Waals surface area contributed by atoms with E-state index in [-0.39, 0.29) is 0 Å². The topological polar surface area (TPSA) is 41.1 Å². The number of nitrogens with one attached hydrogen (secondary N) is 1. The summed E-state index contributed by atoms with van der Waals surface area (Å²) in [4.78, 5) is 11.4. The van der Waals surface area contributed by atoms with Gasteiger partial charge in [0.05, 0.1) is 12.4 Å². The minimum Gasteiger partial charge on any atom is -0.372 e. The lowest BCUT2D eigenvalue weighted by molar-refractivity contribution is 0.524. The summed E-state index contributed by atoms with van der Waals surface area (Å²) in [6, 6.07) is 0.653. The molecule has 0 aliphatic heterocycles. The largest absolute Gasteiger partial charge is 0.372 e. The Morgan fingerprint density at radius 3 is 2.68 bits per heavy atom. The normalized spacial score (nSPS) is 16.0. The predicted octanol–water partition coefficient (Wildman–Crippen LogP) is 3.31. The molecule has 0 saturated heterocycles. The van der Waals surface area contributed by atoms with Crippen molar-refractivity contribution < 1.29 is 0 Å². The first kappa shape index (κ1) is 14.1. The number of aromatic nitrogens is 2. The van der Waals surface area contributed by atoms with Crippen molar-refractivity contribution in [3.63, 3.8) is 0 Å². The second-order valence-electron chi connectivity index (χ2n) is 5.83. The van der Waals surface area contributed by atoms with Gasteiger partial charge in [0.15, 0.2) is 0 Å². The standard InChI is InChI=1S/C15H26N4/c1-12(2)8-9-19(13-6-4-5-7-13)15-11-17-10-14(16-3)18-15/h10-13H,4-9H2,1-3H3,(H,16,18). The molecule has 2 rings (SSSR count). The Hall–Kier alpha value is -1.32. The summed E-state index contributed by atoms with van der Waals surface area (Å²) in [6.45, 7) is 5.65. The fourth-order valence-electron chi connectivity index (χ4n) is 2.71. The van der Waals surface area contributed by atoms with Gasteiger partial charge in [-0.3, -0.25) is 4.98 Å². The van der Waals surface area contributed by atoms with E-state index in [0.29, 0.717) is 6.04 Å². The highest BCUT2D eigenvalue weighted by Crippen LogP contribution is 2.28. The van der Waals surface area contributed by atoms with Crippen molar-refractivity contribution >= 4 is 11.6 Å². The zero-order valence-corrected chi connectivity index (χ0v) is 12.4. The fraction of sp³-hybridized carbons (Fsp3) is 0.733. The molecule has 0 spiro atoms. The SMILES string of the molecule is CNc1cncc(N(CCC(C)C)C2CCCC2)n1. The minimum atomic E-state index is 0.653. The van der Waals surface area contributed by atoms with E-state index in [9.17, 15) is 0 Å². The maximum atomic E-state index is 4.67. The van der Waals surface area contributed by atoms with Gasteiger partial charge in [-0.15, -0.1) is 0 Å². The summed E-state index contributed by atoms with van der Waals surface area (Å²) in [6.07, 6.45) is 10.2. The van der Waals surface area contributed by atoms with Crippen LogP contribution in [0, 0.1) is 5.92 Å². The molecule has 0 aromatic carbocycles. The number of hydrogen-bond donors (Lipinski definition) is 1. The van der Waals surface area contributed by atoms with Crippen LogP contribution in [0.4, 0.5) is 11.6 Å². The summed E-state index contributed by atoms with van der Waals surface area (Å²) in [7, 11) is 1.89. The van der Waals surface area contributed by atoms with Crippen molar-refractivity contribution in [3.05, 3.63) is 12.4 Å². The summed E-state index contributed by atoms with van der Waals surface area (Å²) in [5, 5.41) is 3.08. The van der Waals surface area contributed by atoms with Gasteiger partial charge in [0.1, 0.15) is 11.6 Å². The Morgan fingerprint density at radius 2 is 2.05 bits per heavy atom. The van der Waals surface area contributed by atoms with Crippen molar-refractivity contribution in [2.24, 2.45) is 5.92 Å². The van der Waals surface area contributed by atoms with Crippen LogP contribution in [-0.2, 0) is 0 Å². The van der Waals surface area contributed by atoms with E-state index in [4.69, 9.17) is 0 Å². The van der Waals surface area contributed by atoms with Crippen LogP contribution in [0.5, 0.6) is 0 Å². The highest BCUT2D eigenvalue weighted by Gasteiger charge is 2.24. The molecule has 1 aromatic heterocycles. The molecule has 19 heavy (non-hydrogen) atoms. The lowest BCUT2D eigenvalue weighted by atomic mass is 10.1. The first-order chi connectivity index (χ1) is 9.20. The van der Waals surface area contributed by atoms with Crippen LogP contribution < -0.4 is 10.2 Å². The Labute approximate surface area is 116 Å². The van der Waals surface area contributed by atoms with Crippen molar-refractivity contribution in [2.45, 2.75) is 52.0 Å². The van der Waals surface area contributed by atoms with Gasteiger partial charge >= 0.3 is 0 Å². The zero-order chi connectivity index (χ0) is 13.7. The molecule has 0 atom stereocenters. The van der Waals surface area contributed by atoms with E-state index in [2.05, 4.69) is 34.0 Å². The molecule has 4 heteroatoms. The van der Waals surface area contributed by atoms with Crippen molar-refractivity contribution in [1.82, 2.24) is 9.97 Å². The number of nitrogens with zero attached hydrogens (tertiary/aromatic N) is 3. The molecule has 1 saturated carbocycles. The lowest BCUT2D eigenvalue weighted by Crippen LogP contribution is -2.35. The quantitative estimate of drug-likeness (QED) is 0.854. The fourth-order valence-corrected chi connectivity index (χ4v) is 2.71. The molecule has 0 unspecified atom stereocenters. The molecule has 0 radical (unpaired) electrons. The third-order valence-electron chi connectivity index (χ3n) is 3.89. The smallest absolute Gasteiger partial charge is 0.149 e. The lowest BCUT2D eigenvalue weighted by Gasteiger charge is -2.30. The Bertz CT molecular complexity index is 385. The van der Waals surface area contributed by atoms with Crippen LogP contribution >= 0.6 is 0 Å². The average molecular weight is 262 g/mol. The predicted molar refractivity (Wildman–Crippen MR) is 80.6 cm³/mol. The number of rotatable bonds is 6. The molecule has 0 bridgehead atoms. The number of hydrogen-bond acceptors (Lipinski definition) is 4. The van der Waals surface area contributed by atoms with Gasteiger partial charge in [-0.05, 0) is 25.2 Å². The Balaban J connectivity index is 2.14. The van der Waals surface area contributed by atoms with Crippen LogP contribution in [0.2, 0.25) is 0 Å². The van der Waals surface area contributed by atoms with Crippen LogP contribution in [0.1, 0.15) is 46.0 Å². The number of anilines is 2. The first-order valence-corrected chi connectivity index (χ1v) is 7.47. The van der Waals surface area contributed by atoms with Crippen molar-refractivity contribution in [2.75, 3.05) is 23.8 Å². The van der Waals surface area contributed by atoms with E-state index in [1.807, 2.05) is 13.2 Å². The van der Waals surface area contributed by atoms with E-state index in [0.717, 1.165) is 24.1 Å². The van der Waals surface area contributed by atoms with Crippen LogP contribution in [-0.4, -0.2) is 29.6 Å². The molecule has 1 N–H and O–H groups in total. The molecular weight excluding hydrogens is 236 g/mol. The highest BCUT2D eigenvalue weighted by atomic mass is 15.2. The molecule has 1 fully saturated rings. The van der Waals surface area contributed by atoms with Gasteiger partial charge in [0.25, 0.3) is 0 Å². The van der Waals surface area contributed by atoms with Crippen LogP contribution in [0.25, 0.3) is 0 Å². The summed E-state index contributed by atoms with van der Waals surface area (Å²) >= 11 is 0. The van der Waals surface area contributed by atoms with Crippen LogP contribution in [0.15, 0.2) is 12.4 Å². The first-order valence-electron chi connectivity index (χ1n) is 7.47. The van der Waals surface area contributed by atoms with Gasteiger partial charge in [-0.25, -0.2) is 4.98 Å². The van der Waals surface area contributed by atoms with Gasteiger partial charge in [-0.1, -0.05) is 26.7 Å². The third-order valence-corrected chi connectivity index (χ3v) is 3.89. The Morgan fingerprint density at radius 1 is 1.32 bits per heavy atom. The molecule has 1 aliphatic rings. The van der Waals surface area contributed by atoms with Gasteiger partial charge in [0.2, 0.25) is 0 Å². The zero-order valence-electron chi connectivity index (χ0n) is 12.4. The average Bonchev–Trinajstić information content (AvgIpc) is 2.93. The maximum absolute atomic E-state index is 4.67. The molecular formula is C15H26N4. The highest BCUT2D eigenvalue weighted by molar-refractivity contribution is 5.44. The molecule has 0 amide bonds. The van der Waals surface area contributed by atoms with Crippen molar-refractivity contribution in [3.8, 4) is 0 Å². The second kappa shape index (κ2) is 6.73. The second-order valence-corrected chi connectivity index (χ2v) is 5.83. The summed E-state index contributed by atoms with van der Waals surface area (Å²) in [5.74, 6) is 2.61. The van der Waals surface area contributed by atoms with E-state index in [1.165, 1.54) is 32.1 Å². The van der Waals surface area contributed by atoms with Gasteiger partial charge in [0, 0.05) is 19.6 Å².